The molecule has 1 aromatic carbocycles. The lowest BCUT2D eigenvalue weighted by Crippen LogP contribution is -2.34. The van der Waals surface area contributed by atoms with Crippen molar-refractivity contribution in [2.75, 3.05) is 6.61 Å². The van der Waals surface area contributed by atoms with Crippen LogP contribution in [0.15, 0.2) is 54.1 Å². The molecule has 21 heavy (non-hydrogen) atoms. The zero-order chi connectivity index (χ0) is 15.5. The molecule has 1 aliphatic carbocycles. The summed E-state index contributed by atoms with van der Waals surface area (Å²) >= 11 is 0. The van der Waals surface area contributed by atoms with Gasteiger partial charge in [0.15, 0.2) is 12.4 Å². The van der Waals surface area contributed by atoms with Gasteiger partial charge in [0, 0.05) is 5.92 Å². The first kappa shape index (κ1) is 15.8. The first-order valence-corrected chi connectivity index (χ1v) is 8.13. The summed E-state index contributed by atoms with van der Waals surface area (Å²) in [5, 5.41) is 0.607. The minimum absolute atomic E-state index is 0.0302. The van der Waals surface area contributed by atoms with Gasteiger partial charge in [0.25, 0.3) is 0 Å². The van der Waals surface area contributed by atoms with E-state index in [1.54, 1.807) is 24.3 Å². The highest BCUT2D eigenvalue weighted by atomic mass is 31.1. The second-order valence-corrected chi connectivity index (χ2v) is 7.15. The van der Waals surface area contributed by atoms with Crippen LogP contribution in [0.1, 0.15) is 20.8 Å². The van der Waals surface area contributed by atoms with Crippen molar-refractivity contribution >= 4 is 19.1 Å². The first-order chi connectivity index (χ1) is 9.92. The molecule has 1 aromatic rings. The highest BCUT2D eigenvalue weighted by molar-refractivity contribution is 7.48. The normalized spacial score (nSPS) is 20.8. The lowest BCUT2D eigenvalue weighted by molar-refractivity contribution is -0.125. The number of rotatable bonds is 5. The standard InChI is InChI=1S/C17H20O3P/c1-13-8-7-11-17(2,3)16(13)15(18)12-20-21(19)14-9-5-4-6-10-14/h4-11,16H,12H2,1-3H3/q+1. The Morgan fingerprint density at radius 2 is 1.95 bits per heavy atom. The number of benzene rings is 1. The van der Waals surface area contributed by atoms with Crippen molar-refractivity contribution in [3.63, 3.8) is 0 Å². The minimum atomic E-state index is -1.98. The predicted molar refractivity (Wildman–Crippen MR) is 84.8 cm³/mol. The SMILES string of the molecule is CC1=CC=CC(C)(C)C1C(=O)CO[P+](=O)c1ccccc1. The molecule has 0 aromatic heterocycles. The maximum Gasteiger partial charge on any atom is 0.549 e. The van der Waals surface area contributed by atoms with Crippen LogP contribution in [-0.2, 0) is 13.9 Å². The Balaban J connectivity index is 2.01. The minimum Gasteiger partial charge on any atom is -0.296 e. The van der Waals surface area contributed by atoms with Gasteiger partial charge in [-0.1, -0.05) is 55.8 Å². The van der Waals surface area contributed by atoms with Gasteiger partial charge in [0.1, 0.15) is 0 Å². The molecule has 3 nitrogen and oxygen atoms in total. The molecule has 2 rings (SSSR count). The summed E-state index contributed by atoms with van der Waals surface area (Å²) in [5.41, 5.74) is 0.781. The molecule has 110 valence electrons. The zero-order valence-corrected chi connectivity index (χ0v) is 13.5. The smallest absolute Gasteiger partial charge is 0.296 e. The fraction of sp³-hybridized carbons (Fsp3) is 0.353. The second kappa shape index (κ2) is 6.46. The number of ketones is 1. The van der Waals surface area contributed by atoms with Gasteiger partial charge < -0.3 is 0 Å². The Bertz CT molecular complexity index is 600. The van der Waals surface area contributed by atoms with Crippen LogP contribution in [-0.4, -0.2) is 12.4 Å². The Hall–Kier alpha value is -1.57. The Morgan fingerprint density at radius 1 is 1.29 bits per heavy atom. The van der Waals surface area contributed by atoms with E-state index in [1.165, 1.54) is 0 Å². The average molecular weight is 303 g/mol. The van der Waals surface area contributed by atoms with Crippen molar-refractivity contribution < 1.29 is 13.9 Å². The molecular formula is C17H20O3P+. The van der Waals surface area contributed by atoms with Crippen molar-refractivity contribution in [1.82, 2.24) is 0 Å². The molecule has 0 radical (unpaired) electrons. The van der Waals surface area contributed by atoms with Crippen LogP contribution in [0.2, 0.25) is 0 Å². The van der Waals surface area contributed by atoms with E-state index >= 15 is 0 Å². The van der Waals surface area contributed by atoms with Crippen LogP contribution in [0.4, 0.5) is 0 Å². The molecule has 2 atom stereocenters. The van der Waals surface area contributed by atoms with E-state index in [0.717, 1.165) is 5.57 Å². The third-order valence-corrected chi connectivity index (χ3v) is 4.78. The summed E-state index contributed by atoms with van der Waals surface area (Å²) in [5.74, 6) is -0.251. The zero-order valence-electron chi connectivity index (χ0n) is 12.6. The fourth-order valence-corrected chi connectivity index (χ4v) is 3.53. The Kier molecular flexibility index (Phi) is 4.87. The molecule has 0 aliphatic heterocycles. The molecule has 4 heteroatoms. The first-order valence-electron chi connectivity index (χ1n) is 6.96. The molecular weight excluding hydrogens is 283 g/mol. The molecule has 0 bridgehead atoms. The van der Waals surface area contributed by atoms with E-state index < -0.39 is 8.03 Å². The number of carbonyl (C=O) groups excluding carboxylic acids is 1. The molecule has 0 N–H and O–H groups in total. The second-order valence-electron chi connectivity index (χ2n) is 5.86. The maximum atomic E-state index is 12.4. The summed E-state index contributed by atoms with van der Waals surface area (Å²) in [7, 11) is -1.98. The summed E-state index contributed by atoms with van der Waals surface area (Å²) in [6, 6.07) is 8.93. The largest absolute Gasteiger partial charge is 0.549 e. The van der Waals surface area contributed by atoms with Gasteiger partial charge in [-0.3, -0.25) is 4.79 Å². The molecule has 0 fully saturated rings. The van der Waals surface area contributed by atoms with E-state index in [2.05, 4.69) is 0 Å². The van der Waals surface area contributed by atoms with Gasteiger partial charge in [0.2, 0.25) is 5.30 Å². The quantitative estimate of drug-likeness (QED) is 0.777. The molecule has 0 heterocycles. The summed E-state index contributed by atoms with van der Waals surface area (Å²) in [6.07, 6.45) is 5.95. The number of Topliss-reactive ketones (excluding diaryl/α,β-unsaturated/α-hetero) is 1. The number of allylic oxidation sites excluding steroid dienone is 4. The van der Waals surface area contributed by atoms with Crippen molar-refractivity contribution in [2.24, 2.45) is 11.3 Å². The van der Waals surface area contributed by atoms with Crippen molar-refractivity contribution in [3.8, 4) is 0 Å². The van der Waals surface area contributed by atoms with Crippen LogP contribution in [0, 0.1) is 11.3 Å². The lowest BCUT2D eigenvalue weighted by Gasteiger charge is -2.33. The number of carbonyl (C=O) groups is 1. The molecule has 0 saturated carbocycles. The van der Waals surface area contributed by atoms with E-state index in [1.807, 2.05) is 45.1 Å². The van der Waals surface area contributed by atoms with Crippen LogP contribution < -0.4 is 5.30 Å². The molecule has 0 amide bonds. The fourth-order valence-electron chi connectivity index (χ4n) is 2.73. The van der Waals surface area contributed by atoms with Gasteiger partial charge in [-0.05, 0) is 29.0 Å². The number of hydrogen-bond acceptors (Lipinski definition) is 3. The van der Waals surface area contributed by atoms with Gasteiger partial charge in [-0.2, -0.15) is 0 Å². The monoisotopic (exact) mass is 303 g/mol. The summed E-state index contributed by atoms with van der Waals surface area (Å²) < 4.78 is 17.3. The highest BCUT2D eigenvalue weighted by Gasteiger charge is 2.37. The Labute approximate surface area is 126 Å². The maximum absolute atomic E-state index is 12.4. The third kappa shape index (κ3) is 3.75. The van der Waals surface area contributed by atoms with E-state index in [-0.39, 0.29) is 23.7 Å². The van der Waals surface area contributed by atoms with Crippen LogP contribution in [0.25, 0.3) is 0 Å². The van der Waals surface area contributed by atoms with E-state index in [4.69, 9.17) is 4.52 Å². The van der Waals surface area contributed by atoms with Crippen LogP contribution >= 0.6 is 8.03 Å². The van der Waals surface area contributed by atoms with Gasteiger partial charge >= 0.3 is 8.03 Å². The van der Waals surface area contributed by atoms with Crippen LogP contribution in [0.5, 0.6) is 0 Å². The topological polar surface area (TPSA) is 43.4 Å². The lowest BCUT2D eigenvalue weighted by atomic mass is 9.70. The third-order valence-electron chi connectivity index (χ3n) is 3.70. The van der Waals surface area contributed by atoms with Gasteiger partial charge in [-0.15, -0.1) is 4.52 Å². The van der Waals surface area contributed by atoms with Crippen molar-refractivity contribution in [1.29, 1.82) is 0 Å². The van der Waals surface area contributed by atoms with E-state index in [0.29, 0.717) is 5.30 Å². The molecule has 1 aliphatic rings. The van der Waals surface area contributed by atoms with E-state index in [9.17, 15) is 9.36 Å². The Morgan fingerprint density at radius 3 is 2.57 bits per heavy atom. The summed E-state index contributed by atoms with van der Waals surface area (Å²) in [6.45, 7) is 5.88. The van der Waals surface area contributed by atoms with Gasteiger partial charge in [-0.25, -0.2) is 0 Å². The molecule has 0 spiro atoms. The average Bonchev–Trinajstić information content (AvgIpc) is 2.44. The highest BCUT2D eigenvalue weighted by Crippen LogP contribution is 2.38. The van der Waals surface area contributed by atoms with Crippen LogP contribution in [0.3, 0.4) is 0 Å². The predicted octanol–water partition coefficient (Wildman–Crippen LogP) is 3.80. The van der Waals surface area contributed by atoms with Gasteiger partial charge in [0.05, 0.1) is 0 Å². The molecule has 2 unspecified atom stereocenters. The van der Waals surface area contributed by atoms with Crippen molar-refractivity contribution in [3.05, 3.63) is 54.1 Å². The van der Waals surface area contributed by atoms with Crippen molar-refractivity contribution in [2.45, 2.75) is 20.8 Å². The number of hydrogen-bond donors (Lipinski definition) is 0. The summed E-state index contributed by atoms with van der Waals surface area (Å²) in [4.78, 5) is 12.4. The molecule has 0 saturated heterocycles.